The molecule has 4 aromatic carbocycles. The van der Waals surface area contributed by atoms with Crippen LogP contribution >= 0.6 is 0 Å². The molecule has 2 amide bonds. The number of rotatable bonds is 14. The summed E-state index contributed by atoms with van der Waals surface area (Å²) in [5, 5.41) is 3.02. The fourth-order valence-electron chi connectivity index (χ4n) is 5.03. The van der Waals surface area contributed by atoms with E-state index in [-0.39, 0.29) is 23.8 Å². The summed E-state index contributed by atoms with van der Waals surface area (Å²) in [6.07, 6.45) is 2.01. The van der Waals surface area contributed by atoms with E-state index in [1.54, 1.807) is 36.4 Å². The lowest BCUT2D eigenvalue weighted by Crippen LogP contribution is -2.53. The van der Waals surface area contributed by atoms with Crippen LogP contribution in [0.5, 0.6) is 0 Å². The van der Waals surface area contributed by atoms with Gasteiger partial charge in [0.2, 0.25) is 11.8 Å². The van der Waals surface area contributed by atoms with Gasteiger partial charge in [-0.2, -0.15) is 0 Å². The highest BCUT2D eigenvalue weighted by Gasteiger charge is 2.34. The Labute approximate surface area is 268 Å². The van der Waals surface area contributed by atoms with Crippen molar-refractivity contribution in [2.45, 2.75) is 64.4 Å². The van der Waals surface area contributed by atoms with Crippen molar-refractivity contribution in [3.8, 4) is 0 Å². The van der Waals surface area contributed by atoms with E-state index in [2.05, 4.69) is 12.2 Å². The van der Waals surface area contributed by atoms with Gasteiger partial charge in [-0.1, -0.05) is 109 Å². The lowest BCUT2D eigenvalue weighted by Gasteiger charge is -2.34. The topological polar surface area (TPSA) is 86.8 Å². The van der Waals surface area contributed by atoms with Crippen LogP contribution < -0.4 is 9.62 Å². The Morgan fingerprint density at radius 3 is 1.87 bits per heavy atom. The van der Waals surface area contributed by atoms with Crippen LogP contribution in [0.2, 0.25) is 0 Å². The highest BCUT2D eigenvalue weighted by molar-refractivity contribution is 7.92. The predicted molar refractivity (Wildman–Crippen MR) is 180 cm³/mol. The molecule has 0 bridgehead atoms. The largest absolute Gasteiger partial charge is 0.354 e. The second-order valence-electron chi connectivity index (χ2n) is 11.5. The lowest BCUT2D eigenvalue weighted by atomic mass is 10.0. The number of benzene rings is 4. The van der Waals surface area contributed by atoms with Crippen LogP contribution in [-0.2, 0) is 32.6 Å². The van der Waals surface area contributed by atoms with Crippen LogP contribution in [0.15, 0.2) is 108 Å². The van der Waals surface area contributed by atoms with Crippen molar-refractivity contribution >= 4 is 27.5 Å². The maximum Gasteiger partial charge on any atom is 0.264 e. The summed E-state index contributed by atoms with van der Waals surface area (Å²) in [7, 11) is -4.13. The van der Waals surface area contributed by atoms with Gasteiger partial charge >= 0.3 is 0 Å². The van der Waals surface area contributed by atoms with E-state index in [1.165, 1.54) is 4.90 Å². The van der Waals surface area contributed by atoms with Crippen LogP contribution in [-0.4, -0.2) is 44.3 Å². The third kappa shape index (κ3) is 9.05. The zero-order valence-electron chi connectivity index (χ0n) is 26.6. The first kappa shape index (κ1) is 33.5. The van der Waals surface area contributed by atoms with E-state index in [4.69, 9.17) is 0 Å². The molecule has 0 aliphatic heterocycles. The van der Waals surface area contributed by atoms with Crippen LogP contribution in [0, 0.1) is 20.8 Å². The Morgan fingerprint density at radius 1 is 0.733 bits per heavy atom. The van der Waals surface area contributed by atoms with Gasteiger partial charge in [0.15, 0.2) is 0 Å². The van der Waals surface area contributed by atoms with Crippen LogP contribution in [0.1, 0.15) is 47.6 Å². The van der Waals surface area contributed by atoms with Gasteiger partial charge in [-0.15, -0.1) is 0 Å². The van der Waals surface area contributed by atoms with Crippen molar-refractivity contribution in [3.63, 3.8) is 0 Å². The van der Waals surface area contributed by atoms with Crippen LogP contribution in [0.25, 0.3) is 0 Å². The van der Waals surface area contributed by atoms with Crippen molar-refractivity contribution in [1.82, 2.24) is 10.2 Å². The highest BCUT2D eigenvalue weighted by atomic mass is 32.2. The van der Waals surface area contributed by atoms with E-state index < -0.39 is 28.5 Å². The normalized spacial score (nSPS) is 11.9. The monoisotopic (exact) mass is 625 g/mol. The molecular weight excluding hydrogens is 582 g/mol. The number of aryl methyl sites for hydroxylation is 3. The number of unbranched alkanes of at least 4 members (excludes halogenated alkanes) is 1. The molecule has 7 nitrogen and oxygen atoms in total. The fourth-order valence-corrected chi connectivity index (χ4v) is 6.44. The van der Waals surface area contributed by atoms with E-state index in [9.17, 15) is 18.0 Å². The molecular formula is C37H43N3O4S. The van der Waals surface area contributed by atoms with Gasteiger partial charge < -0.3 is 10.2 Å². The molecule has 0 spiro atoms. The van der Waals surface area contributed by atoms with Gasteiger partial charge in [0.05, 0.1) is 10.6 Å². The number of hydrogen-bond donors (Lipinski definition) is 1. The Morgan fingerprint density at radius 2 is 1.29 bits per heavy atom. The van der Waals surface area contributed by atoms with E-state index in [1.807, 2.05) is 87.5 Å². The fraction of sp³-hybridized carbons (Fsp3) is 0.297. The first-order chi connectivity index (χ1) is 21.6. The second-order valence-corrected chi connectivity index (χ2v) is 13.4. The van der Waals surface area contributed by atoms with E-state index in [0.29, 0.717) is 12.2 Å². The molecule has 4 rings (SSSR count). The molecule has 0 aliphatic rings. The first-order valence-electron chi connectivity index (χ1n) is 15.4. The van der Waals surface area contributed by atoms with Crippen molar-refractivity contribution in [3.05, 3.63) is 131 Å². The molecule has 4 aromatic rings. The number of sulfonamides is 1. The zero-order chi connectivity index (χ0) is 32.4. The number of nitrogens with one attached hydrogen (secondary N) is 1. The second kappa shape index (κ2) is 15.5. The van der Waals surface area contributed by atoms with Crippen molar-refractivity contribution in [2.75, 3.05) is 17.4 Å². The highest BCUT2D eigenvalue weighted by Crippen LogP contribution is 2.26. The number of carbonyl (C=O) groups excluding carboxylic acids is 2. The molecule has 0 aliphatic carbocycles. The Hall–Kier alpha value is -4.43. The van der Waals surface area contributed by atoms with Gasteiger partial charge in [-0.3, -0.25) is 13.9 Å². The third-order valence-electron chi connectivity index (χ3n) is 7.78. The number of carbonyl (C=O) groups is 2. The third-order valence-corrected chi connectivity index (χ3v) is 9.57. The van der Waals surface area contributed by atoms with Gasteiger partial charge in [-0.25, -0.2) is 8.42 Å². The van der Waals surface area contributed by atoms with Crippen molar-refractivity contribution in [2.24, 2.45) is 0 Å². The van der Waals surface area contributed by atoms with E-state index >= 15 is 0 Å². The summed E-state index contributed by atoms with van der Waals surface area (Å²) in [5.74, 6) is -0.741. The molecule has 0 saturated heterocycles. The molecule has 0 fully saturated rings. The number of hydrogen-bond acceptors (Lipinski definition) is 4. The maximum absolute atomic E-state index is 14.5. The summed E-state index contributed by atoms with van der Waals surface area (Å²) < 4.78 is 29.4. The summed E-state index contributed by atoms with van der Waals surface area (Å²) in [6.45, 7) is 8.01. The zero-order valence-corrected chi connectivity index (χ0v) is 27.4. The molecule has 0 unspecified atom stereocenters. The van der Waals surface area contributed by atoms with Gasteiger partial charge in [0, 0.05) is 19.5 Å². The lowest BCUT2D eigenvalue weighted by molar-refractivity contribution is -0.140. The molecule has 1 N–H and O–H groups in total. The molecule has 0 saturated carbocycles. The van der Waals surface area contributed by atoms with Gasteiger partial charge in [0.1, 0.15) is 12.6 Å². The molecule has 8 heteroatoms. The number of nitrogens with zero attached hydrogens (tertiary/aromatic N) is 2. The van der Waals surface area contributed by atoms with Crippen LogP contribution in [0.4, 0.5) is 5.69 Å². The van der Waals surface area contributed by atoms with Gasteiger partial charge in [0.25, 0.3) is 10.0 Å². The quantitative estimate of drug-likeness (QED) is 0.165. The van der Waals surface area contributed by atoms with Crippen LogP contribution in [0.3, 0.4) is 0 Å². The number of anilines is 1. The van der Waals surface area contributed by atoms with E-state index in [0.717, 1.165) is 45.0 Å². The summed E-state index contributed by atoms with van der Waals surface area (Å²) in [5.41, 5.74) is 5.08. The minimum atomic E-state index is -4.13. The average molecular weight is 626 g/mol. The summed E-state index contributed by atoms with van der Waals surface area (Å²) in [6, 6.07) is 30.2. The molecule has 0 radical (unpaired) electrons. The summed E-state index contributed by atoms with van der Waals surface area (Å²) >= 11 is 0. The molecule has 1 atom stereocenters. The summed E-state index contributed by atoms with van der Waals surface area (Å²) in [4.78, 5) is 29.9. The molecule has 236 valence electrons. The van der Waals surface area contributed by atoms with Crippen molar-refractivity contribution < 1.29 is 18.0 Å². The Balaban J connectivity index is 1.78. The molecule has 45 heavy (non-hydrogen) atoms. The standard InChI is InChI=1S/C37H43N3O4S/c1-5-6-24-38-37(42)35(25-31-10-8-7-9-11-31)39(26-32-18-12-28(2)13-19-32)36(41)27-40(33-20-14-29(3)15-21-33)45(43,44)34-22-16-30(4)17-23-34/h7-23,35H,5-6,24-27H2,1-4H3,(H,38,42)/t35-/m1/s1. The molecule has 0 heterocycles. The van der Waals surface area contributed by atoms with Crippen molar-refractivity contribution in [1.29, 1.82) is 0 Å². The predicted octanol–water partition coefficient (Wildman–Crippen LogP) is 6.36. The smallest absolute Gasteiger partial charge is 0.264 e. The minimum absolute atomic E-state index is 0.0877. The maximum atomic E-state index is 14.5. The SMILES string of the molecule is CCCCNC(=O)[C@@H](Cc1ccccc1)N(Cc1ccc(C)cc1)C(=O)CN(c1ccc(C)cc1)S(=O)(=O)c1ccc(C)cc1. The Bertz CT molecular complexity index is 1650. The Kier molecular flexibility index (Phi) is 11.5. The number of amides is 2. The van der Waals surface area contributed by atoms with Gasteiger partial charge in [-0.05, 0) is 62.6 Å². The average Bonchev–Trinajstić information content (AvgIpc) is 3.03. The minimum Gasteiger partial charge on any atom is -0.354 e. The molecule has 0 aromatic heterocycles. The first-order valence-corrected chi connectivity index (χ1v) is 16.8.